The first-order chi connectivity index (χ1) is 9.15. The van der Waals surface area contributed by atoms with Crippen molar-refractivity contribution in [2.45, 2.75) is 19.9 Å². The number of aryl methyl sites for hydroxylation is 3. The molecule has 2 aromatic heterocycles. The van der Waals surface area contributed by atoms with Crippen molar-refractivity contribution in [3.63, 3.8) is 0 Å². The summed E-state index contributed by atoms with van der Waals surface area (Å²) in [6.07, 6.45) is 0.951. The number of thiophene rings is 1. The molecule has 5 heteroatoms. The molecule has 2 nitrogen and oxygen atoms in total. The molecule has 0 amide bonds. The molecule has 0 aliphatic heterocycles. The maximum atomic E-state index is 5.95. The Labute approximate surface area is 125 Å². The normalized spacial score (nSPS) is 11.3. The van der Waals surface area contributed by atoms with E-state index in [4.69, 9.17) is 23.8 Å². The van der Waals surface area contributed by atoms with Crippen molar-refractivity contribution in [2.75, 3.05) is 0 Å². The Morgan fingerprint density at radius 2 is 2.16 bits per heavy atom. The molecule has 19 heavy (non-hydrogen) atoms. The molecule has 0 saturated carbocycles. The second-order valence-electron chi connectivity index (χ2n) is 4.51. The van der Waals surface area contributed by atoms with Gasteiger partial charge in [-0.15, -0.1) is 11.3 Å². The highest BCUT2D eigenvalue weighted by molar-refractivity contribution is 7.71. The van der Waals surface area contributed by atoms with Crippen molar-refractivity contribution in [1.29, 1.82) is 0 Å². The Balaban J connectivity index is 1.95. The lowest BCUT2D eigenvalue weighted by Gasteiger charge is -2.03. The van der Waals surface area contributed by atoms with Gasteiger partial charge in [0.1, 0.15) is 0 Å². The molecule has 0 atom stereocenters. The number of halogens is 1. The molecule has 3 aromatic rings. The number of para-hydroxylation sites is 1. The minimum Gasteiger partial charge on any atom is -0.330 e. The molecule has 0 aliphatic rings. The monoisotopic (exact) mass is 308 g/mol. The van der Waals surface area contributed by atoms with E-state index in [1.165, 1.54) is 16.0 Å². The zero-order valence-electron chi connectivity index (χ0n) is 10.4. The number of nitrogens with one attached hydrogen (secondary N) is 1. The number of hydrogen-bond acceptors (Lipinski definition) is 2. The molecule has 0 fully saturated rings. The molecule has 0 unspecified atom stereocenters. The van der Waals surface area contributed by atoms with Crippen molar-refractivity contribution in [1.82, 2.24) is 9.55 Å². The predicted molar refractivity (Wildman–Crippen MR) is 84.9 cm³/mol. The molecule has 1 N–H and O–H groups in total. The van der Waals surface area contributed by atoms with Crippen LogP contribution in [0.4, 0.5) is 0 Å². The number of fused-ring (bicyclic) bond motifs is 1. The zero-order valence-corrected chi connectivity index (χ0v) is 12.8. The predicted octanol–water partition coefficient (Wildman–Crippen LogP) is 4.96. The van der Waals surface area contributed by atoms with Gasteiger partial charge < -0.3 is 9.55 Å². The van der Waals surface area contributed by atoms with Crippen molar-refractivity contribution in [2.24, 2.45) is 0 Å². The highest BCUT2D eigenvalue weighted by Crippen LogP contribution is 2.23. The van der Waals surface area contributed by atoms with Gasteiger partial charge in [-0.2, -0.15) is 0 Å². The molecule has 0 aliphatic carbocycles. The van der Waals surface area contributed by atoms with Crippen molar-refractivity contribution >= 4 is 46.2 Å². The van der Waals surface area contributed by atoms with E-state index in [1.54, 1.807) is 11.3 Å². The van der Waals surface area contributed by atoms with E-state index < -0.39 is 0 Å². The van der Waals surface area contributed by atoms with Crippen LogP contribution in [-0.4, -0.2) is 9.55 Å². The standard InChI is InChI=1S/C14H13ClN2S2/c1-9-3-2-4-11-13(9)16-14(18)17(11)8-7-10-5-6-12(15)19-10/h2-6H,7-8H2,1H3,(H,16,18). The van der Waals surface area contributed by atoms with Gasteiger partial charge in [-0.05, 0) is 49.3 Å². The smallest absolute Gasteiger partial charge is 0.178 e. The quantitative estimate of drug-likeness (QED) is 0.678. The zero-order chi connectivity index (χ0) is 13.4. The molecule has 0 radical (unpaired) electrons. The number of H-pyrrole nitrogens is 1. The van der Waals surface area contributed by atoms with Crippen LogP contribution in [0.2, 0.25) is 4.34 Å². The molecular weight excluding hydrogens is 296 g/mol. The third-order valence-corrected chi connectivity index (χ3v) is 4.84. The maximum absolute atomic E-state index is 5.95. The van der Waals surface area contributed by atoms with Crippen LogP contribution in [0.25, 0.3) is 11.0 Å². The van der Waals surface area contributed by atoms with Gasteiger partial charge in [-0.1, -0.05) is 23.7 Å². The van der Waals surface area contributed by atoms with Crippen molar-refractivity contribution in [3.8, 4) is 0 Å². The summed E-state index contributed by atoms with van der Waals surface area (Å²) in [5, 5.41) is 0. The SMILES string of the molecule is Cc1cccc2c1[nH]c(=S)n2CCc1ccc(Cl)s1. The number of rotatable bonds is 3. The summed E-state index contributed by atoms with van der Waals surface area (Å²) in [5.74, 6) is 0. The van der Waals surface area contributed by atoms with E-state index in [0.717, 1.165) is 27.6 Å². The van der Waals surface area contributed by atoms with Crippen LogP contribution in [0.1, 0.15) is 10.4 Å². The summed E-state index contributed by atoms with van der Waals surface area (Å²) in [7, 11) is 0. The Morgan fingerprint density at radius 3 is 2.89 bits per heavy atom. The molecule has 0 saturated heterocycles. The Bertz CT molecular complexity index is 782. The van der Waals surface area contributed by atoms with E-state index in [2.05, 4.69) is 40.7 Å². The van der Waals surface area contributed by atoms with Crippen LogP contribution >= 0.6 is 35.2 Å². The van der Waals surface area contributed by atoms with Crippen molar-refractivity contribution < 1.29 is 0 Å². The molecule has 0 bridgehead atoms. The molecule has 3 rings (SSSR count). The number of aromatic amines is 1. The largest absolute Gasteiger partial charge is 0.330 e. The molecule has 2 heterocycles. The number of benzene rings is 1. The van der Waals surface area contributed by atoms with Crippen LogP contribution in [0, 0.1) is 11.7 Å². The van der Waals surface area contributed by atoms with E-state index in [0.29, 0.717) is 0 Å². The van der Waals surface area contributed by atoms with Crippen LogP contribution in [-0.2, 0) is 13.0 Å². The second kappa shape index (κ2) is 5.12. The lowest BCUT2D eigenvalue weighted by molar-refractivity contribution is 0.712. The van der Waals surface area contributed by atoms with Crippen LogP contribution in [0.5, 0.6) is 0 Å². The third kappa shape index (κ3) is 2.48. The van der Waals surface area contributed by atoms with Gasteiger partial charge in [0.05, 0.1) is 15.4 Å². The van der Waals surface area contributed by atoms with Gasteiger partial charge in [0.2, 0.25) is 0 Å². The van der Waals surface area contributed by atoms with E-state index in [9.17, 15) is 0 Å². The summed E-state index contributed by atoms with van der Waals surface area (Å²) >= 11 is 13.0. The van der Waals surface area contributed by atoms with E-state index in [1.807, 2.05) is 6.07 Å². The van der Waals surface area contributed by atoms with Gasteiger partial charge in [0.15, 0.2) is 4.77 Å². The molecule has 98 valence electrons. The van der Waals surface area contributed by atoms with E-state index in [-0.39, 0.29) is 0 Å². The fourth-order valence-corrected chi connectivity index (χ4v) is 3.62. The first-order valence-corrected chi connectivity index (χ1v) is 7.68. The lowest BCUT2D eigenvalue weighted by Crippen LogP contribution is -2.00. The fraction of sp³-hybridized carbons (Fsp3) is 0.214. The van der Waals surface area contributed by atoms with Gasteiger partial charge in [0, 0.05) is 11.4 Å². The topological polar surface area (TPSA) is 20.7 Å². The van der Waals surface area contributed by atoms with Gasteiger partial charge >= 0.3 is 0 Å². The maximum Gasteiger partial charge on any atom is 0.178 e. The van der Waals surface area contributed by atoms with Crippen LogP contribution < -0.4 is 0 Å². The summed E-state index contributed by atoms with van der Waals surface area (Å²) in [4.78, 5) is 4.58. The summed E-state index contributed by atoms with van der Waals surface area (Å²) < 4.78 is 3.78. The van der Waals surface area contributed by atoms with Crippen LogP contribution in [0.15, 0.2) is 30.3 Å². The molecular formula is C14H13ClN2S2. The number of imidazole rings is 1. The highest BCUT2D eigenvalue weighted by Gasteiger charge is 2.06. The first kappa shape index (κ1) is 12.9. The Kier molecular flexibility index (Phi) is 3.48. The Morgan fingerprint density at radius 1 is 1.32 bits per heavy atom. The van der Waals surface area contributed by atoms with Gasteiger partial charge in [-0.3, -0.25) is 0 Å². The van der Waals surface area contributed by atoms with Crippen molar-refractivity contribution in [3.05, 3.63) is 49.9 Å². The van der Waals surface area contributed by atoms with Crippen LogP contribution in [0.3, 0.4) is 0 Å². The lowest BCUT2D eigenvalue weighted by atomic mass is 10.2. The van der Waals surface area contributed by atoms with Gasteiger partial charge in [-0.25, -0.2) is 0 Å². The summed E-state index contributed by atoms with van der Waals surface area (Å²) in [6.45, 7) is 2.97. The minimum atomic E-state index is 0.784. The second-order valence-corrected chi connectivity index (χ2v) is 6.69. The van der Waals surface area contributed by atoms with Gasteiger partial charge in [0.25, 0.3) is 0 Å². The Hall–Kier alpha value is -1.10. The van der Waals surface area contributed by atoms with E-state index >= 15 is 0 Å². The summed E-state index contributed by atoms with van der Waals surface area (Å²) in [6, 6.07) is 10.3. The number of nitrogens with zero attached hydrogens (tertiary/aromatic N) is 1. The molecule has 0 spiro atoms. The first-order valence-electron chi connectivity index (χ1n) is 6.07. The average molecular weight is 309 g/mol. The minimum absolute atomic E-state index is 0.784. The number of hydrogen-bond donors (Lipinski definition) is 1. The fourth-order valence-electron chi connectivity index (χ4n) is 2.25. The average Bonchev–Trinajstić information content (AvgIpc) is 2.92. The highest BCUT2D eigenvalue weighted by atomic mass is 35.5. The third-order valence-electron chi connectivity index (χ3n) is 3.23. The summed E-state index contributed by atoms with van der Waals surface area (Å²) in [5.41, 5.74) is 3.53. The molecule has 1 aromatic carbocycles. The number of aromatic nitrogens is 2.